The number of aryl methyl sites for hydroxylation is 1. The van der Waals surface area contributed by atoms with Gasteiger partial charge in [0.15, 0.2) is 0 Å². The Kier molecular flexibility index (Phi) is 5.64. The molecule has 0 bridgehead atoms. The van der Waals surface area contributed by atoms with Crippen LogP contribution in [-0.2, 0) is 9.53 Å². The first-order valence-corrected chi connectivity index (χ1v) is 9.34. The molecule has 1 fully saturated rings. The van der Waals surface area contributed by atoms with Crippen molar-refractivity contribution in [3.05, 3.63) is 28.8 Å². The molecule has 2 heterocycles. The molecule has 5 heteroatoms. The summed E-state index contributed by atoms with van der Waals surface area (Å²) in [5.74, 6) is 1.22. The Morgan fingerprint density at radius 3 is 2.60 bits per heavy atom. The third-order valence-electron chi connectivity index (χ3n) is 5.38. The van der Waals surface area contributed by atoms with Crippen LogP contribution in [0.5, 0.6) is 5.75 Å². The SMILES string of the molecule is Cc1ccc2c(c1C)OC[C@@H]2NC(=O)[C@@H](NC1CCOCC1)C(C)C. The van der Waals surface area contributed by atoms with Gasteiger partial charge in [0.2, 0.25) is 5.91 Å². The summed E-state index contributed by atoms with van der Waals surface area (Å²) in [5, 5.41) is 6.74. The molecule has 138 valence electrons. The minimum atomic E-state index is -0.196. The molecule has 1 saturated heterocycles. The van der Waals surface area contributed by atoms with Crippen molar-refractivity contribution in [3.63, 3.8) is 0 Å². The number of nitrogens with one attached hydrogen (secondary N) is 2. The summed E-state index contributed by atoms with van der Waals surface area (Å²) in [7, 11) is 0. The van der Waals surface area contributed by atoms with E-state index in [1.807, 2.05) is 0 Å². The van der Waals surface area contributed by atoms with Crippen LogP contribution in [0.25, 0.3) is 0 Å². The number of benzene rings is 1. The van der Waals surface area contributed by atoms with E-state index in [0.29, 0.717) is 12.6 Å². The molecule has 25 heavy (non-hydrogen) atoms. The van der Waals surface area contributed by atoms with Crippen molar-refractivity contribution in [2.75, 3.05) is 19.8 Å². The molecule has 3 rings (SSSR count). The van der Waals surface area contributed by atoms with Gasteiger partial charge in [-0.15, -0.1) is 0 Å². The summed E-state index contributed by atoms with van der Waals surface area (Å²) in [6, 6.07) is 4.26. The number of carbonyl (C=O) groups excluding carboxylic acids is 1. The fraction of sp³-hybridized carbons (Fsp3) is 0.650. The van der Waals surface area contributed by atoms with Crippen LogP contribution in [0.2, 0.25) is 0 Å². The van der Waals surface area contributed by atoms with Gasteiger partial charge in [-0.2, -0.15) is 0 Å². The lowest BCUT2D eigenvalue weighted by molar-refractivity contribution is -0.125. The molecule has 0 saturated carbocycles. The summed E-state index contributed by atoms with van der Waals surface area (Å²) in [6.45, 7) is 10.4. The Bertz CT molecular complexity index is 624. The summed E-state index contributed by atoms with van der Waals surface area (Å²) >= 11 is 0. The van der Waals surface area contributed by atoms with Crippen molar-refractivity contribution < 1.29 is 14.3 Å². The Morgan fingerprint density at radius 1 is 1.20 bits per heavy atom. The van der Waals surface area contributed by atoms with Gasteiger partial charge in [0.05, 0.1) is 12.1 Å². The first kappa shape index (κ1) is 18.2. The van der Waals surface area contributed by atoms with Crippen molar-refractivity contribution in [3.8, 4) is 5.75 Å². The number of amides is 1. The number of hydrogen-bond acceptors (Lipinski definition) is 4. The van der Waals surface area contributed by atoms with Crippen LogP contribution < -0.4 is 15.4 Å². The number of hydrogen-bond donors (Lipinski definition) is 2. The number of ether oxygens (including phenoxy) is 2. The maximum atomic E-state index is 12.9. The molecular formula is C20H30N2O3. The maximum Gasteiger partial charge on any atom is 0.238 e. The maximum absolute atomic E-state index is 12.9. The standard InChI is InChI=1S/C20H30N2O3/c1-12(2)18(21-15-7-9-24-10-8-15)20(23)22-17-11-25-19-14(4)13(3)5-6-16(17)19/h5-6,12,15,17-18,21H,7-11H2,1-4H3,(H,22,23)/t17-,18-/m0/s1. The number of carbonyl (C=O) groups is 1. The Hall–Kier alpha value is -1.59. The molecule has 0 aromatic heterocycles. The van der Waals surface area contributed by atoms with Gasteiger partial charge < -0.3 is 20.1 Å². The first-order valence-electron chi connectivity index (χ1n) is 9.34. The van der Waals surface area contributed by atoms with Crippen LogP contribution in [0.1, 0.15) is 49.4 Å². The zero-order chi connectivity index (χ0) is 18.0. The van der Waals surface area contributed by atoms with Gasteiger partial charge in [0.1, 0.15) is 12.4 Å². The lowest BCUT2D eigenvalue weighted by Crippen LogP contribution is -2.53. The molecule has 2 aliphatic rings. The Labute approximate surface area is 150 Å². The van der Waals surface area contributed by atoms with E-state index in [4.69, 9.17) is 9.47 Å². The summed E-state index contributed by atoms with van der Waals surface area (Å²) in [6.07, 6.45) is 1.93. The third-order valence-corrected chi connectivity index (χ3v) is 5.38. The molecule has 0 unspecified atom stereocenters. The smallest absolute Gasteiger partial charge is 0.238 e. The van der Waals surface area contributed by atoms with Gasteiger partial charge in [-0.3, -0.25) is 4.79 Å². The van der Waals surface area contributed by atoms with Gasteiger partial charge in [0, 0.05) is 24.8 Å². The molecule has 0 radical (unpaired) electrons. The molecule has 2 atom stereocenters. The van der Waals surface area contributed by atoms with Gasteiger partial charge in [-0.05, 0) is 43.7 Å². The molecule has 1 amide bonds. The summed E-state index contributed by atoms with van der Waals surface area (Å²) in [4.78, 5) is 12.9. The van der Waals surface area contributed by atoms with Crippen LogP contribution in [0.15, 0.2) is 12.1 Å². The Balaban J connectivity index is 1.67. The highest BCUT2D eigenvalue weighted by molar-refractivity contribution is 5.82. The highest BCUT2D eigenvalue weighted by Gasteiger charge is 2.32. The second-order valence-electron chi connectivity index (χ2n) is 7.57. The molecule has 5 nitrogen and oxygen atoms in total. The first-order chi connectivity index (χ1) is 12.0. The van der Waals surface area contributed by atoms with Crippen molar-refractivity contribution >= 4 is 5.91 Å². The van der Waals surface area contributed by atoms with Gasteiger partial charge in [0.25, 0.3) is 0 Å². The minimum Gasteiger partial charge on any atom is -0.490 e. The van der Waals surface area contributed by atoms with E-state index in [1.165, 1.54) is 5.56 Å². The molecular weight excluding hydrogens is 316 g/mol. The second kappa shape index (κ2) is 7.75. The van der Waals surface area contributed by atoms with E-state index in [1.54, 1.807) is 0 Å². The van der Waals surface area contributed by atoms with Crippen LogP contribution in [0.3, 0.4) is 0 Å². The number of fused-ring (bicyclic) bond motifs is 1. The molecule has 1 aromatic carbocycles. The van der Waals surface area contributed by atoms with E-state index in [-0.39, 0.29) is 23.9 Å². The van der Waals surface area contributed by atoms with Gasteiger partial charge >= 0.3 is 0 Å². The quantitative estimate of drug-likeness (QED) is 0.860. The zero-order valence-corrected chi connectivity index (χ0v) is 15.7. The second-order valence-corrected chi connectivity index (χ2v) is 7.57. The monoisotopic (exact) mass is 346 g/mol. The highest BCUT2D eigenvalue weighted by atomic mass is 16.5. The number of rotatable bonds is 5. The summed E-state index contributed by atoms with van der Waals surface area (Å²) in [5.41, 5.74) is 3.46. The largest absolute Gasteiger partial charge is 0.490 e. The highest BCUT2D eigenvalue weighted by Crippen LogP contribution is 2.36. The van der Waals surface area contributed by atoms with Crippen LogP contribution in [-0.4, -0.2) is 37.8 Å². The van der Waals surface area contributed by atoms with E-state index < -0.39 is 0 Å². The third kappa shape index (κ3) is 3.98. The lowest BCUT2D eigenvalue weighted by atomic mass is 9.98. The fourth-order valence-electron chi connectivity index (χ4n) is 3.60. The van der Waals surface area contributed by atoms with Crippen molar-refractivity contribution in [2.45, 2.75) is 58.7 Å². The van der Waals surface area contributed by atoms with E-state index in [2.05, 4.69) is 50.5 Å². The zero-order valence-electron chi connectivity index (χ0n) is 15.7. The minimum absolute atomic E-state index is 0.0566. The molecule has 0 aliphatic carbocycles. The van der Waals surface area contributed by atoms with Crippen LogP contribution in [0.4, 0.5) is 0 Å². The predicted octanol–water partition coefficient (Wildman–Crippen LogP) is 2.65. The topological polar surface area (TPSA) is 59.6 Å². The van der Waals surface area contributed by atoms with E-state index in [0.717, 1.165) is 42.9 Å². The van der Waals surface area contributed by atoms with Crippen molar-refractivity contribution in [1.82, 2.24) is 10.6 Å². The summed E-state index contributed by atoms with van der Waals surface area (Å²) < 4.78 is 11.3. The van der Waals surface area contributed by atoms with Crippen molar-refractivity contribution in [2.24, 2.45) is 5.92 Å². The van der Waals surface area contributed by atoms with Gasteiger partial charge in [-0.25, -0.2) is 0 Å². The van der Waals surface area contributed by atoms with Crippen LogP contribution >= 0.6 is 0 Å². The predicted molar refractivity (Wildman–Crippen MR) is 97.9 cm³/mol. The average molecular weight is 346 g/mol. The lowest BCUT2D eigenvalue weighted by Gasteiger charge is -2.30. The van der Waals surface area contributed by atoms with Crippen LogP contribution in [0, 0.1) is 19.8 Å². The van der Waals surface area contributed by atoms with Crippen molar-refractivity contribution in [1.29, 1.82) is 0 Å². The fourth-order valence-corrected chi connectivity index (χ4v) is 3.60. The molecule has 2 aliphatic heterocycles. The molecule has 0 spiro atoms. The normalized spacial score (nSPS) is 21.7. The molecule has 1 aromatic rings. The molecule has 2 N–H and O–H groups in total. The van der Waals surface area contributed by atoms with E-state index in [9.17, 15) is 4.79 Å². The van der Waals surface area contributed by atoms with E-state index >= 15 is 0 Å². The van der Waals surface area contributed by atoms with Gasteiger partial charge in [-0.1, -0.05) is 26.0 Å². The average Bonchev–Trinajstić information content (AvgIpc) is 3.00. The Morgan fingerprint density at radius 2 is 1.92 bits per heavy atom.